The van der Waals surface area contributed by atoms with Gasteiger partial charge in [-0.2, -0.15) is 0 Å². The predicted molar refractivity (Wildman–Crippen MR) is 73.8 cm³/mol. The fourth-order valence-electron chi connectivity index (χ4n) is 2.01. The molecule has 0 aromatic heterocycles. The molecule has 0 aliphatic heterocycles. The van der Waals surface area contributed by atoms with Gasteiger partial charge in [-0.25, -0.2) is 0 Å². The Balaban J connectivity index is 3.85. The van der Waals surface area contributed by atoms with Crippen molar-refractivity contribution in [2.24, 2.45) is 11.1 Å². The lowest BCUT2D eigenvalue weighted by molar-refractivity contribution is -0.122. The largest absolute Gasteiger partial charge is 0.354 e. The summed E-state index contributed by atoms with van der Waals surface area (Å²) in [5, 5.41) is 3.01. The number of nitrogens with one attached hydrogen (secondary N) is 1. The van der Waals surface area contributed by atoms with Crippen LogP contribution in [0.25, 0.3) is 0 Å². The van der Waals surface area contributed by atoms with Crippen LogP contribution >= 0.6 is 0 Å². The van der Waals surface area contributed by atoms with Gasteiger partial charge in [0.15, 0.2) is 0 Å². The first-order valence-electron chi connectivity index (χ1n) is 6.79. The van der Waals surface area contributed by atoms with E-state index < -0.39 is 0 Å². The molecule has 102 valence electrons. The number of amides is 1. The van der Waals surface area contributed by atoms with E-state index in [9.17, 15) is 4.79 Å². The molecule has 1 amide bonds. The van der Waals surface area contributed by atoms with Gasteiger partial charge >= 0.3 is 0 Å². The first kappa shape index (κ1) is 16.4. The van der Waals surface area contributed by atoms with Gasteiger partial charge in [0.05, 0.1) is 0 Å². The van der Waals surface area contributed by atoms with E-state index in [1.807, 2.05) is 0 Å². The van der Waals surface area contributed by atoms with Crippen LogP contribution in [0.2, 0.25) is 0 Å². The maximum absolute atomic E-state index is 11.7. The van der Waals surface area contributed by atoms with Gasteiger partial charge in [-0.15, -0.1) is 0 Å². The van der Waals surface area contributed by atoms with Gasteiger partial charge < -0.3 is 11.1 Å². The lowest BCUT2D eigenvalue weighted by Crippen LogP contribution is -2.38. The molecule has 0 aromatic carbocycles. The molecule has 0 saturated carbocycles. The Morgan fingerprint density at radius 3 is 2.41 bits per heavy atom. The quantitative estimate of drug-likeness (QED) is 0.721. The predicted octanol–water partition coefficient (Wildman–Crippen LogP) is 2.83. The van der Waals surface area contributed by atoms with Crippen molar-refractivity contribution in [3.63, 3.8) is 0 Å². The maximum atomic E-state index is 11.7. The van der Waals surface area contributed by atoms with Gasteiger partial charge in [0, 0.05) is 18.5 Å². The SMILES string of the molecule is CCCCC(C)NC(=O)CC(N)CC(C)(C)C. The number of carbonyl (C=O) groups is 1. The number of nitrogens with two attached hydrogens (primary N) is 1. The maximum Gasteiger partial charge on any atom is 0.221 e. The van der Waals surface area contributed by atoms with Crippen molar-refractivity contribution < 1.29 is 4.79 Å². The molecular formula is C14H30N2O. The highest BCUT2D eigenvalue weighted by molar-refractivity contribution is 5.76. The van der Waals surface area contributed by atoms with Crippen LogP contribution in [0.5, 0.6) is 0 Å². The van der Waals surface area contributed by atoms with Crippen molar-refractivity contribution in [2.75, 3.05) is 0 Å². The first-order chi connectivity index (χ1) is 7.74. The van der Waals surface area contributed by atoms with E-state index in [1.165, 1.54) is 6.42 Å². The van der Waals surface area contributed by atoms with Crippen molar-refractivity contribution in [1.82, 2.24) is 5.32 Å². The van der Waals surface area contributed by atoms with Gasteiger partial charge in [0.1, 0.15) is 0 Å². The molecule has 3 nitrogen and oxygen atoms in total. The number of unbranched alkanes of at least 4 members (excludes halogenated alkanes) is 1. The number of hydrogen-bond donors (Lipinski definition) is 2. The average Bonchev–Trinajstić information content (AvgIpc) is 2.10. The van der Waals surface area contributed by atoms with Gasteiger partial charge in [-0.1, -0.05) is 40.5 Å². The van der Waals surface area contributed by atoms with Crippen molar-refractivity contribution in [2.45, 2.75) is 78.8 Å². The molecule has 0 aliphatic carbocycles. The van der Waals surface area contributed by atoms with Crippen molar-refractivity contribution in [3.8, 4) is 0 Å². The highest BCUT2D eigenvalue weighted by Gasteiger charge is 2.18. The fraction of sp³-hybridized carbons (Fsp3) is 0.929. The number of rotatable bonds is 7. The van der Waals surface area contributed by atoms with E-state index in [2.05, 4.69) is 39.9 Å². The van der Waals surface area contributed by atoms with Gasteiger partial charge in [-0.3, -0.25) is 4.79 Å². The van der Waals surface area contributed by atoms with Crippen LogP contribution in [0, 0.1) is 5.41 Å². The Labute approximate surface area is 107 Å². The average molecular weight is 242 g/mol. The third-order valence-corrected chi connectivity index (χ3v) is 2.72. The van der Waals surface area contributed by atoms with E-state index in [0.717, 1.165) is 19.3 Å². The molecule has 3 N–H and O–H groups in total. The summed E-state index contributed by atoms with van der Waals surface area (Å²) in [6.45, 7) is 10.7. The van der Waals surface area contributed by atoms with E-state index >= 15 is 0 Å². The summed E-state index contributed by atoms with van der Waals surface area (Å²) in [4.78, 5) is 11.7. The van der Waals surface area contributed by atoms with Crippen LogP contribution in [0.15, 0.2) is 0 Å². The molecule has 0 saturated heterocycles. The Kier molecular flexibility index (Phi) is 7.44. The second-order valence-electron chi connectivity index (χ2n) is 6.34. The zero-order chi connectivity index (χ0) is 13.5. The molecule has 0 aromatic rings. The second-order valence-corrected chi connectivity index (χ2v) is 6.34. The third-order valence-electron chi connectivity index (χ3n) is 2.72. The Bertz CT molecular complexity index is 221. The summed E-state index contributed by atoms with van der Waals surface area (Å²) < 4.78 is 0. The third kappa shape index (κ3) is 10.3. The van der Waals surface area contributed by atoms with Gasteiger partial charge in [0.2, 0.25) is 5.91 Å². The summed E-state index contributed by atoms with van der Waals surface area (Å²) in [5.41, 5.74) is 6.16. The highest BCUT2D eigenvalue weighted by atomic mass is 16.1. The minimum Gasteiger partial charge on any atom is -0.354 e. The van der Waals surface area contributed by atoms with Crippen LogP contribution in [0.1, 0.15) is 66.7 Å². The van der Waals surface area contributed by atoms with Crippen LogP contribution in [0.3, 0.4) is 0 Å². The minimum absolute atomic E-state index is 0.0339. The van der Waals surface area contributed by atoms with Crippen LogP contribution in [-0.4, -0.2) is 18.0 Å². The van der Waals surface area contributed by atoms with Crippen LogP contribution < -0.4 is 11.1 Å². The molecule has 0 fully saturated rings. The molecular weight excluding hydrogens is 212 g/mol. The van der Waals surface area contributed by atoms with E-state index in [0.29, 0.717) is 6.42 Å². The Hall–Kier alpha value is -0.570. The summed E-state index contributed by atoms with van der Waals surface area (Å²) in [6.07, 6.45) is 4.70. The van der Waals surface area contributed by atoms with Crippen molar-refractivity contribution in [1.29, 1.82) is 0 Å². The molecule has 0 heterocycles. The lowest BCUT2D eigenvalue weighted by atomic mass is 9.87. The number of carbonyl (C=O) groups excluding carboxylic acids is 1. The molecule has 0 rings (SSSR count). The van der Waals surface area contributed by atoms with E-state index in [1.54, 1.807) is 0 Å². The zero-order valence-electron chi connectivity index (χ0n) is 12.2. The highest BCUT2D eigenvalue weighted by Crippen LogP contribution is 2.20. The molecule has 3 heteroatoms. The van der Waals surface area contributed by atoms with E-state index in [4.69, 9.17) is 5.73 Å². The molecule has 2 atom stereocenters. The zero-order valence-corrected chi connectivity index (χ0v) is 12.2. The topological polar surface area (TPSA) is 55.1 Å². The molecule has 0 bridgehead atoms. The summed E-state index contributed by atoms with van der Waals surface area (Å²) in [7, 11) is 0. The minimum atomic E-state index is -0.0339. The fourth-order valence-corrected chi connectivity index (χ4v) is 2.01. The Morgan fingerprint density at radius 1 is 1.35 bits per heavy atom. The normalized spacial score (nSPS) is 15.4. The molecule has 17 heavy (non-hydrogen) atoms. The van der Waals surface area contributed by atoms with Crippen molar-refractivity contribution >= 4 is 5.91 Å². The Morgan fingerprint density at radius 2 is 1.94 bits per heavy atom. The summed E-state index contributed by atoms with van der Waals surface area (Å²) >= 11 is 0. The lowest BCUT2D eigenvalue weighted by Gasteiger charge is -2.23. The monoisotopic (exact) mass is 242 g/mol. The molecule has 2 unspecified atom stereocenters. The summed E-state index contributed by atoms with van der Waals surface area (Å²) in [6, 6.07) is 0.234. The molecule has 0 radical (unpaired) electrons. The van der Waals surface area contributed by atoms with Crippen LogP contribution in [0.4, 0.5) is 0 Å². The van der Waals surface area contributed by atoms with Gasteiger partial charge in [-0.05, 0) is 25.2 Å². The smallest absolute Gasteiger partial charge is 0.221 e. The molecule has 0 spiro atoms. The first-order valence-corrected chi connectivity index (χ1v) is 6.79. The second kappa shape index (κ2) is 7.70. The molecule has 0 aliphatic rings. The van der Waals surface area contributed by atoms with Crippen molar-refractivity contribution in [3.05, 3.63) is 0 Å². The van der Waals surface area contributed by atoms with Gasteiger partial charge in [0.25, 0.3) is 0 Å². The van der Waals surface area contributed by atoms with Crippen LogP contribution in [-0.2, 0) is 4.79 Å². The standard InChI is InChI=1S/C14H30N2O/c1-6-7-8-11(2)16-13(17)9-12(15)10-14(3,4)5/h11-12H,6-10,15H2,1-5H3,(H,16,17). The number of hydrogen-bond acceptors (Lipinski definition) is 2. The summed E-state index contributed by atoms with van der Waals surface area (Å²) in [5.74, 6) is 0.0883. The van der Waals surface area contributed by atoms with E-state index in [-0.39, 0.29) is 23.4 Å².